The first-order chi connectivity index (χ1) is 19.6. The number of aromatic nitrogens is 2. The van der Waals surface area contributed by atoms with Crippen LogP contribution >= 0.6 is 0 Å². The minimum atomic E-state index is -4.47. The summed E-state index contributed by atoms with van der Waals surface area (Å²) in [5.74, 6) is 2.79. The molecular weight excluding hydrogens is 531 g/mol. The standard InChI is InChI=1S/C32H32F3N3O3/c1-19(2)40-28-11-23(17-37-27(28)16-36)39-18-21-14-31(15-21)12-20(13-31)7-10-25-29(38-41-30(25)22-8-9-22)24-5-3-4-6-26(24)32(33,34)35/h3-7,10-11,17,19-22H,8-9,12-15,18H2,1-2H3/b10-7+. The van der Waals surface area contributed by atoms with E-state index in [1.54, 1.807) is 18.3 Å². The number of allylic oxidation sites excluding steroid dienone is 1. The Bertz CT molecular complexity index is 1490. The fraction of sp³-hybridized carbons (Fsp3) is 0.469. The Labute approximate surface area is 237 Å². The summed E-state index contributed by atoms with van der Waals surface area (Å²) in [5, 5.41) is 13.4. The molecular formula is C32H32F3N3O3. The van der Waals surface area contributed by atoms with E-state index >= 15 is 0 Å². The highest BCUT2D eigenvalue weighted by atomic mass is 19.4. The first kappa shape index (κ1) is 27.4. The third-order valence-electron chi connectivity index (χ3n) is 8.34. The van der Waals surface area contributed by atoms with Crippen LogP contribution in [-0.2, 0) is 6.18 Å². The second-order valence-corrected chi connectivity index (χ2v) is 12.0. The van der Waals surface area contributed by atoms with Crippen LogP contribution in [0, 0.1) is 28.6 Å². The first-order valence-corrected chi connectivity index (χ1v) is 14.2. The number of alkyl halides is 3. The summed E-state index contributed by atoms with van der Waals surface area (Å²) < 4.78 is 58.4. The second kappa shape index (κ2) is 10.6. The van der Waals surface area contributed by atoms with Gasteiger partial charge in [0.15, 0.2) is 11.4 Å². The molecule has 0 amide bonds. The van der Waals surface area contributed by atoms with Gasteiger partial charge in [0.1, 0.15) is 23.3 Å². The van der Waals surface area contributed by atoms with Crippen molar-refractivity contribution >= 4 is 6.08 Å². The average molecular weight is 564 g/mol. The van der Waals surface area contributed by atoms with Gasteiger partial charge in [0.05, 0.1) is 24.5 Å². The van der Waals surface area contributed by atoms with Crippen LogP contribution in [0.3, 0.4) is 0 Å². The van der Waals surface area contributed by atoms with Gasteiger partial charge in [-0.05, 0) is 75.7 Å². The lowest BCUT2D eigenvalue weighted by Crippen LogP contribution is -2.48. The van der Waals surface area contributed by atoms with E-state index < -0.39 is 11.7 Å². The van der Waals surface area contributed by atoms with E-state index in [-0.39, 0.29) is 29.0 Å². The minimum absolute atomic E-state index is 0.0579. The van der Waals surface area contributed by atoms with Crippen LogP contribution in [-0.4, -0.2) is 22.9 Å². The maximum atomic E-state index is 13.7. The lowest BCUT2D eigenvalue weighted by molar-refractivity contribution is -0.137. The van der Waals surface area contributed by atoms with E-state index in [4.69, 9.17) is 14.0 Å². The molecule has 0 radical (unpaired) electrons. The predicted octanol–water partition coefficient (Wildman–Crippen LogP) is 8.19. The Kier molecular flexibility index (Phi) is 7.04. The van der Waals surface area contributed by atoms with Crippen molar-refractivity contribution < 1.29 is 27.2 Å². The molecule has 1 aromatic carbocycles. The fourth-order valence-electron chi connectivity index (χ4n) is 6.43. The van der Waals surface area contributed by atoms with Crippen molar-refractivity contribution in [3.8, 4) is 28.8 Å². The van der Waals surface area contributed by atoms with Crippen LogP contribution in [0.1, 0.15) is 80.9 Å². The molecule has 0 aliphatic heterocycles. The van der Waals surface area contributed by atoms with Gasteiger partial charge in [-0.1, -0.05) is 35.5 Å². The van der Waals surface area contributed by atoms with E-state index in [0.29, 0.717) is 46.7 Å². The number of benzene rings is 1. The smallest absolute Gasteiger partial charge is 0.417 e. The Morgan fingerprint density at radius 3 is 2.61 bits per heavy atom. The third kappa shape index (κ3) is 5.70. The van der Waals surface area contributed by atoms with Crippen LogP contribution in [0.15, 0.2) is 47.1 Å². The number of ether oxygens (including phenoxy) is 2. The molecule has 6 nitrogen and oxygen atoms in total. The Hall–Kier alpha value is -3.80. The lowest BCUT2D eigenvalue weighted by Gasteiger charge is -2.57. The van der Waals surface area contributed by atoms with Gasteiger partial charge in [0.25, 0.3) is 0 Å². The van der Waals surface area contributed by atoms with Crippen molar-refractivity contribution in [1.29, 1.82) is 5.26 Å². The summed E-state index contributed by atoms with van der Waals surface area (Å²) in [4.78, 5) is 4.16. The Morgan fingerprint density at radius 2 is 1.93 bits per heavy atom. The zero-order valence-corrected chi connectivity index (χ0v) is 23.1. The number of hydrogen-bond acceptors (Lipinski definition) is 6. The van der Waals surface area contributed by atoms with Crippen molar-refractivity contribution in [3.05, 3.63) is 65.2 Å². The molecule has 41 heavy (non-hydrogen) atoms. The molecule has 2 heterocycles. The molecule has 2 aromatic heterocycles. The zero-order valence-electron chi connectivity index (χ0n) is 23.1. The molecule has 3 aliphatic rings. The Morgan fingerprint density at radius 1 is 1.17 bits per heavy atom. The van der Waals surface area contributed by atoms with Crippen LogP contribution in [0.2, 0.25) is 0 Å². The highest BCUT2D eigenvalue weighted by Gasteiger charge is 2.52. The molecule has 0 saturated heterocycles. The quantitative estimate of drug-likeness (QED) is 0.261. The largest absolute Gasteiger partial charge is 0.492 e. The molecule has 0 N–H and O–H groups in total. The van der Waals surface area contributed by atoms with E-state index in [2.05, 4.69) is 16.2 Å². The lowest BCUT2D eigenvalue weighted by atomic mass is 9.48. The van der Waals surface area contributed by atoms with E-state index in [9.17, 15) is 18.4 Å². The number of pyridine rings is 1. The molecule has 3 fully saturated rings. The summed E-state index contributed by atoms with van der Waals surface area (Å²) in [6.07, 6.45) is 7.32. The maximum absolute atomic E-state index is 13.7. The summed E-state index contributed by atoms with van der Waals surface area (Å²) in [5.41, 5.74) is 0.873. The summed E-state index contributed by atoms with van der Waals surface area (Å²) >= 11 is 0. The summed E-state index contributed by atoms with van der Waals surface area (Å²) in [7, 11) is 0. The number of nitrogens with zero attached hydrogens (tertiary/aromatic N) is 3. The van der Waals surface area contributed by atoms with Crippen LogP contribution in [0.25, 0.3) is 17.3 Å². The van der Waals surface area contributed by atoms with Crippen LogP contribution in [0.4, 0.5) is 13.2 Å². The molecule has 3 aromatic rings. The first-order valence-electron chi connectivity index (χ1n) is 14.2. The van der Waals surface area contributed by atoms with Crippen molar-refractivity contribution in [2.24, 2.45) is 17.3 Å². The topological polar surface area (TPSA) is 81.2 Å². The van der Waals surface area contributed by atoms with E-state index in [0.717, 1.165) is 44.6 Å². The molecule has 0 atom stereocenters. The minimum Gasteiger partial charge on any atom is -0.492 e. The summed E-state index contributed by atoms with van der Waals surface area (Å²) in [6.45, 7) is 4.38. The van der Waals surface area contributed by atoms with E-state index in [1.165, 1.54) is 12.1 Å². The van der Waals surface area contributed by atoms with Crippen molar-refractivity contribution in [2.75, 3.05) is 6.61 Å². The highest BCUT2D eigenvalue weighted by Crippen LogP contribution is 2.61. The number of halogens is 3. The van der Waals surface area contributed by atoms with Gasteiger partial charge < -0.3 is 14.0 Å². The second-order valence-electron chi connectivity index (χ2n) is 12.0. The molecule has 6 rings (SSSR count). The van der Waals surface area contributed by atoms with Gasteiger partial charge in [-0.25, -0.2) is 4.98 Å². The monoisotopic (exact) mass is 563 g/mol. The van der Waals surface area contributed by atoms with Crippen molar-refractivity contribution in [3.63, 3.8) is 0 Å². The Balaban J connectivity index is 1.06. The van der Waals surface area contributed by atoms with Gasteiger partial charge in [0, 0.05) is 23.1 Å². The fourth-order valence-corrected chi connectivity index (χ4v) is 6.43. The highest BCUT2D eigenvalue weighted by molar-refractivity contribution is 5.76. The number of hydrogen-bond donors (Lipinski definition) is 0. The third-order valence-corrected chi connectivity index (χ3v) is 8.34. The van der Waals surface area contributed by atoms with Gasteiger partial charge in [-0.2, -0.15) is 18.4 Å². The average Bonchev–Trinajstić information content (AvgIpc) is 3.65. The molecule has 0 bridgehead atoms. The van der Waals surface area contributed by atoms with Gasteiger partial charge in [-0.15, -0.1) is 0 Å². The number of nitriles is 1. The molecule has 0 unspecified atom stereocenters. The predicted molar refractivity (Wildman–Crippen MR) is 146 cm³/mol. The normalized spacial score (nSPS) is 23.8. The molecule has 3 saturated carbocycles. The van der Waals surface area contributed by atoms with Crippen LogP contribution in [0.5, 0.6) is 11.5 Å². The summed E-state index contributed by atoms with van der Waals surface area (Å²) in [6, 6.07) is 9.34. The van der Waals surface area contributed by atoms with Gasteiger partial charge in [-0.3, -0.25) is 0 Å². The SMILES string of the molecule is CC(C)Oc1cc(OCC2CC3(CC(/C=C/c4c(-c5ccccc5C(F)(F)F)noc4C4CC4)C3)C2)cnc1C#N. The van der Waals surface area contributed by atoms with Gasteiger partial charge in [0.2, 0.25) is 0 Å². The molecule has 1 spiro atoms. The van der Waals surface area contributed by atoms with Gasteiger partial charge >= 0.3 is 6.18 Å². The zero-order chi connectivity index (χ0) is 28.8. The van der Waals surface area contributed by atoms with Crippen molar-refractivity contribution in [2.45, 2.75) is 70.6 Å². The van der Waals surface area contributed by atoms with Crippen molar-refractivity contribution in [1.82, 2.24) is 10.1 Å². The molecule has 3 aliphatic carbocycles. The van der Waals surface area contributed by atoms with E-state index in [1.807, 2.05) is 26.0 Å². The molecule has 9 heteroatoms. The van der Waals surface area contributed by atoms with Crippen LogP contribution < -0.4 is 9.47 Å². The maximum Gasteiger partial charge on any atom is 0.417 e. The molecule has 214 valence electrons. The number of rotatable bonds is 9.